The molecule has 1 atom stereocenters. The number of ether oxygens (including phenoxy) is 3. The molecule has 0 saturated heterocycles. The van der Waals surface area contributed by atoms with Crippen molar-refractivity contribution in [3.8, 4) is 11.5 Å². The Morgan fingerprint density at radius 1 is 1.32 bits per heavy atom. The van der Waals surface area contributed by atoms with Crippen LogP contribution in [0.2, 0.25) is 0 Å². The zero-order valence-electron chi connectivity index (χ0n) is 13.6. The Morgan fingerprint density at radius 3 is 2.77 bits per heavy atom. The monoisotopic (exact) mass is 308 g/mol. The molecule has 122 valence electrons. The lowest BCUT2D eigenvalue weighted by Gasteiger charge is -2.21. The SMILES string of the molecule is CC(CNC(=O)OC(C)(C)C)NCc1ccc2c(c1)OCO2. The first kappa shape index (κ1) is 16.4. The molecule has 0 fully saturated rings. The van der Waals surface area contributed by atoms with Crippen LogP contribution >= 0.6 is 0 Å². The molecule has 1 aliphatic rings. The van der Waals surface area contributed by atoms with E-state index < -0.39 is 11.7 Å². The molecule has 0 bridgehead atoms. The molecule has 6 heteroatoms. The Bertz CT molecular complexity index is 525. The number of nitrogens with one attached hydrogen (secondary N) is 2. The molecular weight excluding hydrogens is 284 g/mol. The molecule has 1 aliphatic heterocycles. The highest BCUT2D eigenvalue weighted by Crippen LogP contribution is 2.32. The summed E-state index contributed by atoms with van der Waals surface area (Å²) >= 11 is 0. The molecule has 1 aromatic carbocycles. The first-order valence-corrected chi connectivity index (χ1v) is 7.42. The minimum atomic E-state index is -0.479. The quantitative estimate of drug-likeness (QED) is 0.874. The lowest BCUT2D eigenvalue weighted by Crippen LogP contribution is -2.40. The number of hydrogen-bond donors (Lipinski definition) is 2. The van der Waals surface area contributed by atoms with Crippen molar-refractivity contribution in [2.24, 2.45) is 0 Å². The van der Waals surface area contributed by atoms with E-state index >= 15 is 0 Å². The van der Waals surface area contributed by atoms with E-state index in [4.69, 9.17) is 14.2 Å². The van der Waals surface area contributed by atoms with Crippen LogP contribution in [0.25, 0.3) is 0 Å². The van der Waals surface area contributed by atoms with Crippen molar-refractivity contribution in [2.75, 3.05) is 13.3 Å². The molecule has 0 saturated carbocycles. The molecule has 1 heterocycles. The van der Waals surface area contributed by atoms with Crippen molar-refractivity contribution in [2.45, 2.75) is 45.9 Å². The maximum Gasteiger partial charge on any atom is 0.407 e. The fourth-order valence-corrected chi connectivity index (χ4v) is 1.97. The van der Waals surface area contributed by atoms with E-state index in [9.17, 15) is 4.79 Å². The third-order valence-electron chi connectivity index (χ3n) is 3.04. The third kappa shape index (κ3) is 5.11. The Balaban J connectivity index is 1.71. The zero-order chi connectivity index (χ0) is 16.2. The van der Waals surface area contributed by atoms with E-state index in [1.54, 1.807) is 0 Å². The molecule has 1 aromatic rings. The summed E-state index contributed by atoms with van der Waals surface area (Å²) in [5.74, 6) is 1.56. The number of fused-ring (bicyclic) bond motifs is 1. The van der Waals surface area contributed by atoms with Crippen molar-refractivity contribution in [1.29, 1.82) is 0 Å². The van der Waals surface area contributed by atoms with E-state index in [0.29, 0.717) is 13.1 Å². The van der Waals surface area contributed by atoms with E-state index in [2.05, 4.69) is 10.6 Å². The number of alkyl carbamates (subject to hydrolysis) is 1. The number of carbonyl (C=O) groups is 1. The summed E-state index contributed by atoms with van der Waals surface area (Å²) in [5.41, 5.74) is 0.626. The van der Waals surface area contributed by atoms with Gasteiger partial charge in [0.15, 0.2) is 11.5 Å². The standard InChI is InChI=1S/C16H24N2O4/c1-11(8-18-15(19)22-16(2,3)4)17-9-12-5-6-13-14(7-12)21-10-20-13/h5-7,11,17H,8-10H2,1-4H3,(H,18,19). The second-order valence-electron chi connectivity index (χ2n) is 6.35. The van der Waals surface area contributed by atoms with Gasteiger partial charge < -0.3 is 24.8 Å². The first-order chi connectivity index (χ1) is 10.3. The van der Waals surface area contributed by atoms with Crippen molar-refractivity contribution < 1.29 is 19.0 Å². The summed E-state index contributed by atoms with van der Waals surface area (Å²) < 4.78 is 15.8. The van der Waals surface area contributed by atoms with Gasteiger partial charge in [0.2, 0.25) is 6.79 Å². The van der Waals surface area contributed by atoms with Gasteiger partial charge in [0.05, 0.1) is 0 Å². The first-order valence-electron chi connectivity index (χ1n) is 7.42. The topological polar surface area (TPSA) is 68.8 Å². The van der Waals surface area contributed by atoms with Crippen molar-refractivity contribution in [3.63, 3.8) is 0 Å². The number of amides is 1. The lowest BCUT2D eigenvalue weighted by molar-refractivity contribution is 0.0523. The molecule has 1 unspecified atom stereocenters. The van der Waals surface area contributed by atoms with Gasteiger partial charge in [-0.25, -0.2) is 4.79 Å². The second-order valence-corrected chi connectivity index (χ2v) is 6.35. The fourth-order valence-electron chi connectivity index (χ4n) is 1.97. The number of benzene rings is 1. The fraction of sp³-hybridized carbons (Fsp3) is 0.562. The molecule has 22 heavy (non-hydrogen) atoms. The van der Waals surface area contributed by atoms with Crippen LogP contribution in [0, 0.1) is 0 Å². The van der Waals surface area contributed by atoms with Crippen LogP contribution in [0.15, 0.2) is 18.2 Å². The summed E-state index contributed by atoms with van der Waals surface area (Å²) in [6, 6.07) is 5.99. The van der Waals surface area contributed by atoms with Gasteiger partial charge in [0.1, 0.15) is 5.60 Å². The lowest BCUT2D eigenvalue weighted by atomic mass is 10.2. The average Bonchev–Trinajstić information content (AvgIpc) is 2.88. The molecule has 0 aliphatic carbocycles. The maximum atomic E-state index is 11.6. The van der Waals surface area contributed by atoms with E-state index in [1.807, 2.05) is 45.9 Å². The molecule has 2 N–H and O–H groups in total. The van der Waals surface area contributed by atoms with Crippen LogP contribution in [0.1, 0.15) is 33.3 Å². The largest absolute Gasteiger partial charge is 0.454 e. The summed E-state index contributed by atoms with van der Waals surface area (Å²) in [7, 11) is 0. The minimum Gasteiger partial charge on any atom is -0.454 e. The van der Waals surface area contributed by atoms with Gasteiger partial charge in [-0.3, -0.25) is 0 Å². The molecule has 0 aromatic heterocycles. The Kier molecular flexibility index (Phi) is 5.13. The van der Waals surface area contributed by atoms with Crippen LogP contribution in [0.5, 0.6) is 11.5 Å². The summed E-state index contributed by atoms with van der Waals surface area (Å²) in [4.78, 5) is 11.6. The van der Waals surface area contributed by atoms with Crippen molar-refractivity contribution in [3.05, 3.63) is 23.8 Å². The third-order valence-corrected chi connectivity index (χ3v) is 3.04. The maximum absolute atomic E-state index is 11.6. The molecule has 1 amide bonds. The predicted molar refractivity (Wildman–Crippen MR) is 83.1 cm³/mol. The van der Waals surface area contributed by atoms with E-state index in [1.165, 1.54) is 0 Å². The zero-order valence-corrected chi connectivity index (χ0v) is 13.6. The summed E-state index contributed by atoms with van der Waals surface area (Å²) in [5, 5.41) is 6.09. The van der Waals surface area contributed by atoms with E-state index in [-0.39, 0.29) is 12.8 Å². The van der Waals surface area contributed by atoms with Gasteiger partial charge in [-0.2, -0.15) is 0 Å². The van der Waals surface area contributed by atoms with Gasteiger partial charge in [-0.05, 0) is 45.4 Å². The molecule has 2 rings (SSSR count). The normalized spacial score (nSPS) is 14.5. The number of carbonyl (C=O) groups excluding carboxylic acids is 1. The number of rotatable bonds is 5. The van der Waals surface area contributed by atoms with Gasteiger partial charge >= 0.3 is 6.09 Å². The van der Waals surface area contributed by atoms with Crippen LogP contribution < -0.4 is 20.1 Å². The van der Waals surface area contributed by atoms with Crippen molar-refractivity contribution >= 4 is 6.09 Å². The molecular formula is C16H24N2O4. The highest BCUT2D eigenvalue weighted by atomic mass is 16.7. The van der Waals surface area contributed by atoms with Gasteiger partial charge in [-0.15, -0.1) is 0 Å². The van der Waals surface area contributed by atoms with Crippen LogP contribution in [0.4, 0.5) is 4.79 Å². The Hall–Kier alpha value is -1.95. The van der Waals surface area contributed by atoms with Crippen molar-refractivity contribution in [1.82, 2.24) is 10.6 Å². The average molecular weight is 308 g/mol. The summed E-state index contributed by atoms with van der Waals surface area (Å²) in [6.07, 6.45) is -0.399. The Morgan fingerprint density at radius 2 is 2.05 bits per heavy atom. The van der Waals surface area contributed by atoms with Crippen LogP contribution in [-0.2, 0) is 11.3 Å². The number of hydrogen-bond acceptors (Lipinski definition) is 5. The highest BCUT2D eigenvalue weighted by molar-refractivity contribution is 5.67. The predicted octanol–water partition coefficient (Wildman–Crippen LogP) is 2.42. The summed E-state index contributed by atoms with van der Waals surface area (Å²) in [6.45, 7) is 9.00. The second kappa shape index (κ2) is 6.87. The minimum absolute atomic E-state index is 0.123. The Labute approximate surface area is 131 Å². The van der Waals surface area contributed by atoms with Gasteiger partial charge in [0, 0.05) is 19.1 Å². The molecule has 0 radical (unpaired) electrons. The molecule has 6 nitrogen and oxygen atoms in total. The molecule has 0 spiro atoms. The smallest absolute Gasteiger partial charge is 0.407 e. The van der Waals surface area contributed by atoms with Gasteiger partial charge in [0.25, 0.3) is 0 Å². The van der Waals surface area contributed by atoms with Crippen LogP contribution in [-0.4, -0.2) is 31.1 Å². The van der Waals surface area contributed by atoms with Gasteiger partial charge in [-0.1, -0.05) is 6.07 Å². The van der Waals surface area contributed by atoms with Crippen LogP contribution in [0.3, 0.4) is 0 Å². The highest BCUT2D eigenvalue weighted by Gasteiger charge is 2.16. The van der Waals surface area contributed by atoms with E-state index in [0.717, 1.165) is 17.1 Å².